The molecule has 0 bridgehead atoms. The minimum Gasteiger partial charge on any atom is -0.325 e. The van der Waals surface area contributed by atoms with Crippen LogP contribution >= 0.6 is 22.6 Å². The van der Waals surface area contributed by atoms with Crippen LogP contribution in [-0.4, -0.2) is 54.5 Å². The molecule has 5 heteroatoms. The quantitative estimate of drug-likeness (QED) is 0.806. The van der Waals surface area contributed by atoms with E-state index in [2.05, 4.69) is 51.6 Å². The molecule has 4 nitrogen and oxygen atoms in total. The molecule has 20 heavy (non-hydrogen) atoms. The van der Waals surface area contributed by atoms with Crippen molar-refractivity contribution >= 4 is 34.2 Å². The lowest BCUT2D eigenvalue weighted by Crippen LogP contribution is -2.50. The van der Waals surface area contributed by atoms with Crippen molar-refractivity contribution in [1.82, 2.24) is 9.80 Å². The number of amides is 1. The fraction of sp³-hybridized carbons (Fsp3) is 0.533. The molecule has 0 saturated carbocycles. The molecule has 2 rings (SSSR count). The number of rotatable bonds is 4. The monoisotopic (exact) mass is 387 g/mol. The normalized spacial score (nSPS) is 17.4. The second-order valence-corrected chi connectivity index (χ2v) is 6.71. The molecule has 1 aliphatic rings. The van der Waals surface area contributed by atoms with Gasteiger partial charge >= 0.3 is 0 Å². The molecule has 1 N–H and O–H groups in total. The number of anilines is 1. The summed E-state index contributed by atoms with van der Waals surface area (Å²) in [6.45, 7) is 8.97. The van der Waals surface area contributed by atoms with Crippen LogP contribution in [-0.2, 0) is 4.79 Å². The Morgan fingerprint density at radius 3 is 2.35 bits per heavy atom. The summed E-state index contributed by atoms with van der Waals surface area (Å²) in [6.07, 6.45) is 0. The molecule has 1 saturated heterocycles. The lowest BCUT2D eigenvalue weighted by molar-refractivity contribution is -0.117. The molecule has 0 radical (unpaired) electrons. The molecule has 0 spiro atoms. The standard InChI is InChI=1S/C15H22IN3O/c1-12(2)19-9-7-18(8-10-19)11-15(20)17-14-5-3-13(16)4-6-14/h3-6,12H,7-11H2,1-2H3,(H,17,20). The lowest BCUT2D eigenvalue weighted by atomic mass is 10.2. The van der Waals surface area contributed by atoms with E-state index < -0.39 is 0 Å². The van der Waals surface area contributed by atoms with Gasteiger partial charge in [-0.05, 0) is 60.7 Å². The van der Waals surface area contributed by atoms with Gasteiger partial charge in [-0.15, -0.1) is 0 Å². The van der Waals surface area contributed by atoms with Crippen LogP contribution in [0.4, 0.5) is 5.69 Å². The molecule has 1 heterocycles. The molecule has 0 unspecified atom stereocenters. The highest BCUT2D eigenvalue weighted by atomic mass is 127. The van der Waals surface area contributed by atoms with Crippen molar-refractivity contribution in [2.75, 3.05) is 38.0 Å². The summed E-state index contributed by atoms with van der Waals surface area (Å²) in [5.41, 5.74) is 0.872. The first kappa shape index (κ1) is 15.7. The van der Waals surface area contributed by atoms with E-state index in [1.54, 1.807) is 0 Å². The Bertz CT molecular complexity index is 439. The van der Waals surface area contributed by atoms with Gasteiger partial charge in [0.2, 0.25) is 5.91 Å². The third-order valence-corrected chi connectivity index (χ3v) is 4.35. The molecule has 0 aromatic heterocycles. The maximum Gasteiger partial charge on any atom is 0.238 e. The van der Waals surface area contributed by atoms with Crippen LogP contribution in [0, 0.1) is 3.57 Å². The van der Waals surface area contributed by atoms with Gasteiger partial charge in [-0.25, -0.2) is 0 Å². The molecule has 110 valence electrons. The SMILES string of the molecule is CC(C)N1CCN(CC(=O)Nc2ccc(I)cc2)CC1. The first-order chi connectivity index (χ1) is 9.54. The number of carbonyl (C=O) groups is 1. The van der Waals surface area contributed by atoms with E-state index in [0.29, 0.717) is 12.6 Å². The Balaban J connectivity index is 1.77. The van der Waals surface area contributed by atoms with Crippen LogP contribution in [0.15, 0.2) is 24.3 Å². The number of benzene rings is 1. The van der Waals surface area contributed by atoms with Gasteiger partial charge in [-0.1, -0.05) is 0 Å². The van der Waals surface area contributed by atoms with E-state index in [0.717, 1.165) is 31.9 Å². The number of hydrogen-bond donors (Lipinski definition) is 1. The Morgan fingerprint density at radius 2 is 1.80 bits per heavy atom. The molecular formula is C15H22IN3O. The summed E-state index contributed by atoms with van der Waals surface area (Å²) < 4.78 is 1.17. The van der Waals surface area contributed by atoms with E-state index >= 15 is 0 Å². The van der Waals surface area contributed by atoms with Crippen LogP contribution in [0.1, 0.15) is 13.8 Å². The molecule has 0 atom stereocenters. The first-order valence-electron chi connectivity index (χ1n) is 7.06. The van der Waals surface area contributed by atoms with Crippen molar-refractivity contribution < 1.29 is 4.79 Å². The fourth-order valence-electron chi connectivity index (χ4n) is 2.37. The Hall–Kier alpha value is -0.660. The summed E-state index contributed by atoms with van der Waals surface area (Å²) >= 11 is 2.26. The van der Waals surface area contributed by atoms with E-state index in [-0.39, 0.29) is 5.91 Å². The first-order valence-corrected chi connectivity index (χ1v) is 8.14. The van der Waals surface area contributed by atoms with E-state index in [1.807, 2.05) is 24.3 Å². The Morgan fingerprint density at radius 1 is 1.20 bits per heavy atom. The van der Waals surface area contributed by atoms with Crippen LogP contribution in [0.25, 0.3) is 0 Å². The molecular weight excluding hydrogens is 365 g/mol. The van der Waals surface area contributed by atoms with Crippen molar-refractivity contribution in [2.45, 2.75) is 19.9 Å². The summed E-state index contributed by atoms with van der Waals surface area (Å²) in [5.74, 6) is 0.0733. The predicted molar refractivity (Wildman–Crippen MR) is 90.9 cm³/mol. The molecule has 1 aromatic carbocycles. The van der Waals surface area contributed by atoms with Crippen molar-refractivity contribution in [3.63, 3.8) is 0 Å². The van der Waals surface area contributed by atoms with Gasteiger partial charge < -0.3 is 5.32 Å². The highest BCUT2D eigenvalue weighted by molar-refractivity contribution is 14.1. The molecule has 0 aliphatic carbocycles. The lowest BCUT2D eigenvalue weighted by Gasteiger charge is -2.36. The number of halogens is 1. The van der Waals surface area contributed by atoms with Crippen molar-refractivity contribution in [3.05, 3.63) is 27.8 Å². The van der Waals surface area contributed by atoms with Gasteiger partial charge in [0.05, 0.1) is 6.54 Å². The zero-order chi connectivity index (χ0) is 14.5. The number of hydrogen-bond acceptors (Lipinski definition) is 3. The van der Waals surface area contributed by atoms with Crippen molar-refractivity contribution in [1.29, 1.82) is 0 Å². The Labute approximate surface area is 134 Å². The molecule has 1 amide bonds. The maximum atomic E-state index is 12.0. The second-order valence-electron chi connectivity index (χ2n) is 5.46. The third kappa shape index (κ3) is 4.71. The predicted octanol–water partition coefficient (Wildman–Crippen LogP) is 2.26. The van der Waals surface area contributed by atoms with E-state index in [4.69, 9.17) is 0 Å². The van der Waals surface area contributed by atoms with Gasteiger partial charge in [0.15, 0.2) is 0 Å². The van der Waals surface area contributed by atoms with Gasteiger partial charge in [0.1, 0.15) is 0 Å². The fourth-order valence-corrected chi connectivity index (χ4v) is 2.73. The average molecular weight is 387 g/mol. The number of nitrogens with one attached hydrogen (secondary N) is 1. The topological polar surface area (TPSA) is 35.6 Å². The number of carbonyl (C=O) groups excluding carboxylic acids is 1. The summed E-state index contributed by atoms with van der Waals surface area (Å²) in [5, 5.41) is 2.95. The minimum atomic E-state index is 0.0733. The minimum absolute atomic E-state index is 0.0733. The average Bonchev–Trinajstić information content (AvgIpc) is 2.42. The van der Waals surface area contributed by atoms with Gasteiger partial charge in [-0.2, -0.15) is 0 Å². The van der Waals surface area contributed by atoms with Crippen LogP contribution in [0.3, 0.4) is 0 Å². The van der Waals surface area contributed by atoms with Gasteiger partial charge in [0.25, 0.3) is 0 Å². The van der Waals surface area contributed by atoms with E-state index in [9.17, 15) is 4.79 Å². The Kier molecular flexibility index (Phi) is 5.80. The van der Waals surface area contributed by atoms with Crippen molar-refractivity contribution in [3.8, 4) is 0 Å². The van der Waals surface area contributed by atoms with Crippen LogP contribution in [0.2, 0.25) is 0 Å². The maximum absolute atomic E-state index is 12.0. The molecule has 1 aliphatic heterocycles. The largest absolute Gasteiger partial charge is 0.325 e. The summed E-state index contributed by atoms with van der Waals surface area (Å²) in [7, 11) is 0. The summed E-state index contributed by atoms with van der Waals surface area (Å²) in [6, 6.07) is 8.47. The van der Waals surface area contributed by atoms with Gasteiger partial charge in [0, 0.05) is 41.5 Å². The van der Waals surface area contributed by atoms with E-state index in [1.165, 1.54) is 3.57 Å². The zero-order valence-corrected chi connectivity index (χ0v) is 14.3. The number of piperazine rings is 1. The van der Waals surface area contributed by atoms with Crippen molar-refractivity contribution in [2.24, 2.45) is 0 Å². The number of nitrogens with zero attached hydrogens (tertiary/aromatic N) is 2. The highest BCUT2D eigenvalue weighted by Gasteiger charge is 2.20. The second kappa shape index (κ2) is 7.38. The smallest absolute Gasteiger partial charge is 0.238 e. The third-order valence-electron chi connectivity index (χ3n) is 3.63. The molecule has 1 aromatic rings. The van der Waals surface area contributed by atoms with Crippen LogP contribution < -0.4 is 5.32 Å². The highest BCUT2D eigenvalue weighted by Crippen LogP contribution is 2.11. The molecule has 1 fully saturated rings. The van der Waals surface area contributed by atoms with Crippen LogP contribution in [0.5, 0.6) is 0 Å². The summed E-state index contributed by atoms with van der Waals surface area (Å²) in [4.78, 5) is 16.7. The van der Waals surface area contributed by atoms with Gasteiger partial charge in [-0.3, -0.25) is 14.6 Å². The zero-order valence-electron chi connectivity index (χ0n) is 12.1.